The Morgan fingerprint density at radius 1 is 0.821 bits per heavy atom. The van der Waals surface area contributed by atoms with Crippen LogP contribution in [0.4, 0.5) is 11.4 Å². The smallest absolute Gasteiger partial charge is 0.224 e. The lowest BCUT2D eigenvalue weighted by Gasteiger charge is -2.24. The second-order valence-electron chi connectivity index (χ2n) is 7.24. The van der Waals surface area contributed by atoms with Gasteiger partial charge in [0.25, 0.3) is 0 Å². The monoisotopic (exact) mass is 374 g/mol. The molecule has 3 nitrogen and oxygen atoms in total. The number of hydrogen-bond donors (Lipinski definition) is 0. The predicted octanol–water partition coefficient (Wildman–Crippen LogP) is 6.51. The standard InChI is InChI=1S/C25H30N2O/c1-3-5-18-26(19-6-4-2)23-16-14-21(15-17-23)20-27(28)25-13-9-11-22-10-7-8-12-24(22)25/h7-17,20H,3-6,18-19H2,1-2H3. The van der Waals surface area contributed by atoms with Crippen molar-refractivity contribution in [1.82, 2.24) is 0 Å². The quantitative estimate of drug-likeness (QED) is 0.185. The van der Waals surface area contributed by atoms with E-state index >= 15 is 0 Å². The maximum absolute atomic E-state index is 12.8. The molecule has 0 spiro atoms. The lowest BCUT2D eigenvalue weighted by atomic mass is 10.1. The van der Waals surface area contributed by atoms with Crippen molar-refractivity contribution in [2.75, 3.05) is 18.0 Å². The van der Waals surface area contributed by atoms with Gasteiger partial charge in [0.1, 0.15) is 0 Å². The van der Waals surface area contributed by atoms with Gasteiger partial charge in [0.05, 0.1) is 5.39 Å². The highest BCUT2D eigenvalue weighted by Crippen LogP contribution is 2.25. The van der Waals surface area contributed by atoms with Crippen molar-refractivity contribution < 1.29 is 4.74 Å². The summed E-state index contributed by atoms with van der Waals surface area (Å²) in [5.74, 6) is 0. The van der Waals surface area contributed by atoms with E-state index in [1.54, 1.807) is 6.21 Å². The third kappa shape index (κ3) is 4.92. The molecule has 0 aromatic heterocycles. The van der Waals surface area contributed by atoms with Gasteiger partial charge in [-0.05, 0) is 48.6 Å². The normalized spacial score (nSPS) is 11.7. The van der Waals surface area contributed by atoms with Crippen molar-refractivity contribution in [1.29, 1.82) is 0 Å². The summed E-state index contributed by atoms with van der Waals surface area (Å²) >= 11 is 0. The van der Waals surface area contributed by atoms with Gasteiger partial charge < -0.3 is 10.1 Å². The molecule has 146 valence electrons. The summed E-state index contributed by atoms with van der Waals surface area (Å²) < 4.78 is 0.975. The van der Waals surface area contributed by atoms with Gasteiger partial charge in [-0.15, -0.1) is 0 Å². The summed E-state index contributed by atoms with van der Waals surface area (Å²) in [5.41, 5.74) is 2.83. The lowest BCUT2D eigenvalue weighted by Crippen LogP contribution is -2.25. The molecule has 0 atom stereocenters. The minimum Gasteiger partial charge on any atom is -0.618 e. The Hall–Kier alpha value is -2.81. The van der Waals surface area contributed by atoms with E-state index in [4.69, 9.17) is 0 Å². The molecule has 0 saturated heterocycles. The van der Waals surface area contributed by atoms with Crippen LogP contribution in [0.25, 0.3) is 10.8 Å². The molecule has 3 aromatic rings. The van der Waals surface area contributed by atoms with Crippen molar-refractivity contribution >= 4 is 28.4 Å². The summed E-state index contributed by atoms with van der Waals surface area (Å²) in [6, 6.07) is 22.2. The van der Waals surface area contributed by atoms with Gasteiger partial charge in [0.2, 0.25) is 5.69 Å². The molecule has 3 aromatic carbocycles. The van der Waals surface area contributed by atoms with Crippen molar-refractivity contribution in [3.8, 4) is 0 Å². The molecule has 0 radical (unpaired) electrons. The van der Waals surface area contributed by atoms with Crippen LogP contribution in [-0.2, 0) is 0 Å². The highest BCUT2D eigenvalue weighted by atomic mass is 16.5. The van der Waals surface area contributed by atoms with Crippen LogP contribution in [0.2, 0.25) is 0 Å². The zero-order chi connectivity index (χ0) is 19.8. The Kier molecular flexibility index (Phi) is 7.07. The van der Waals surface area contributed by atoms with Gasteiger partial charge >= 0.3 is 0 Å². The minimum atomic E-state index is 0.676. The number of fused-ring (bicyclic) bond motifs is 1. The second-order valence-corrected chi connectivity index (χ2v) is 7.24. The van der Waals surface area contributed by atoms with Gasteiger partial charge in [0, 0.05) is 30.4 Å². The number of hydrogen-bond acceptors (Lipinski definition) is 2. The Morgan fingerprint density at radius 2 is 1.46 bits per heavy atom. The van der Waals surface area contributed by atoms with E-state index in [2.05, 4.69) is 30.9 Å². The van der Waals surface area contributed by atoms with E-state index in [1.807, 2.05) is 54.6 Å². The Morgan fingerprint density at radius 3 is 2.14 bits per heavy atom. The number of benzene rings is 3. The Labute approximate surface area is 168 Å². The van der Waals surface area contributed by atoms with Crippen LogP contribution >= 0.6 is 0 Å². The summed E-state index contributed by atoms with van der Waals surface area (Å²) in [6.07, 6.45) is 6.46. The highest BCUT2D eigenvalue weighted by molar-refractivity contribution is 5.91. The maximum atomic E-state index is 12.8. The van der Waals surface area contributed by atoms with Crippen LogP contribution in [0.1, 0.15) is 45.1 Å². The van der Waals surface area contributed by atoms with Crippen molar-refractivity contribution in [2.24, 2.45) is 0 Å². The van der Waals surface area contributed by atoms with Crippen LogP contribution in [0.15, 0.2) is 66.7 Å². The summed E-state index contributed by atoms with van der Waals surface area (Å²) in [7, 11) is 0. The third-order valence-corrected chi connectivity index (χ3v) is 5.09. The molecule has 3 rings (SSSR count). The van der Waals surface area contributed by atoms with E-state index in [0.29, 0.717) is 5.69 Å². The fraction of sp³-hybridized carbons (Fsp3) is 0.320. The van der Waals surface area contributed by atoms with Crippen molar-refractivity contribution in [3.05, 3.63) is 77.5 Å². The van der Waals surface area contributed by atoms with E-state index < -0.39 is 0 Å². The topological polar surface area (TPSA) is 29.3 Å². The van der Waals surface area contributed by atoms with Crippen LogP contribution in [0.5, 0.6) is 0 Å². The molecule has 0 aliphatic heterocycles. The van der Waals surface area contributed by atoms with Crippen LogP contribution in [0.3, 0.4) is 0 Å². The number of nitrogens with zero attached hydrogens (tertiary/aromatic N) is 2. The SMILES string of the molecule is CCCCN(CCCC)c1ccc(C=[N+]([O-])c2cccc3ccccc23)cc1. The zero-order valence-electron chi connectivity index (χ0n) is 17.0. The van der Waals surface area contributed by atoms with Crippen LogP contribution in [0, 0.1) is 5.21 Å². The molecule has 0 amide bonds. The molecule has 0 aliphatic rings. The van der Waals surface area contributed by atoms with Gasteiger partial charge in [-0.2, -0.15) is 4.74 Å². The number of rotatable bonds is 9. The molecule has 0 fully saturated rings. The molecular formula is C25H30N2O. The summed E-state index contributed by atoms with van der Waals surface area (Å²) in [4.78, 5) is 2.45. The summed E-state index contributed by atoms with van der Waals surface area (Å²) in [5, 5.41) is 14.8. The van der Waals surface area contributed by atoms with Crippen molar-refractivity contribution in [3.63, 3.8) is 0 Å². The van der Waals surface area contributed by atoms with Gasteiger partial charge in [-0.3, -0.25) is 0 Å². The minimum absolute atomic E-state index is 0.676. The van der Waals surface area contributed by atoms with E-state index in [1.165, 1.54) is 31.4 Å². The average Bonchev–Trinajstić information content (AvgIpc) is 2.74. The first-order chi connectivity index (χ1) is 13.7. The molecule has 0 bridgehead atoms. The largest absolute Gasteiger partial charge is 0.618 e. The Balaban J connectivity index is 1.82. The highest BCUT2D eigenvalue weighted by Gasteiger charge is 2.09. The van der Waals surface area contributed by atoms with Gasteiger partial charge in [-0.1, -0.05) is 57.0 Å². The fourth-order valence-electron chi connectivity index (χ4n) is 3.44. The van der Waals surface area contributed by atoms with Gasteiger partial charge in [0.15, 0.2) is 6.21 Å². The summed E-state index contributed by atoms with van der Waals surface area (Å²) in [6.45, 7) is 6.63. The lowest BCUT2D eigenvalue weighted by molar-refractivity contribution is -0.352. The van der Waals surface area contributed by atoms with Crippen LogP contribution < -0.4 is 4.90 Å². The Bertz CT molecular complexity index is 902. The molecular weight excluding hydrogens is 344 g/mol. The van der Waals surface area contributed by atoms with Gasteiger partial charge in [-0.25, -0.2) is 0 Å². The molecule has 0 unspecified atom stereocenters. The molecule has 0 N–H and O–H groups in total. The van der Waals surface area contributed by atoms with E-state index in [-0.39, 0.29) is 0 Å². The average molecular weight is 375 g/mol. The molecule has 0 heterocycles. The second kappa shape index (κ2) is 9.93. The predicted molar refractivity (Wildman–Crippen MR) is 121 cm³/mol. The molecule has 28 heavy (non-hydrogen) atoms. The van der Waals surface area contributed by atoms with Crippen molar-refractivity contribution in [2.45, 2.75) is 39.5 Å². The van der Waals surface area contributed by atoms with Crippen LogP contribution in [-0.4, -0.2) is 24.0 Å². The van der Waals surface area contributed by atoms with E-state index in [9.17, 15) is 5.21 Å². The number of anilines is 1. The maximum Gasteiger partial charge on any atom is 0.224 e. The zero-order valence-corrected chi connectivity index (χ0v) is 17.0. The molecule has 3 heteroatoms. The fourth-order valence-corrected chi connectivity index (χ4v) is 3.44. The first-order valence-corrected chi connectivity index (χ1v) is 10.4. The first kappa shape index (κ1) is 19.9. The molecule has 0 aliphatic carbocycles. The first-order valence-electron chi connectivity index (χ1n) is 10.4. The third-order valence-electron chi connectivity index (χ3n) is 5.09. The van der Waals surface area contributed by atoms with E-state index in [0.717, 1.165) is 34.2 Å². The number of unbranched alkanes of at least 4 members (excludes halogenated alkanes) is 2. The molecule has 0 saturated carbocycles.